The van der Waals surface area contributed by atoms with Gasteiger partial charge in [0.1, 0.15) is 24.0 Å². The number of anilines is 2. The molecule has 5 aromatic rings. The molecule has 0 saturated carbocycles. The Morgan fingerprint density at radius 2 is 1.59 bits per heavy atom. The summed E-state index contributed by atoms with van der Waals surface area (Å²) in [5, 5.41) is 8.28. The Morgan fingerprint density at radius 1 is 0.882 bits per heavy atom. The number of nitrogen functional groups attached to an aromatic ring is 1. The molecule has 2 heterocycles. The van der Waals surface area contributed by atoms with Crippen LogP contribution in [0, 0.1) is 5.82 Å². The van der Waals surface area contributed by atoms with E-state index in [2.05, 4.69) is 20.4 Å². The fourth-order valence-corrected chi connectivity index (χ4v) is 3.71. The Hall–Kier alpha value is -4.46. The van der Waals surface area contributed by atoms with E-state index in [0.717, 1.165) is 11.3 Å². The van der Waals surface area contributed by atoms with Crippen LogP contribution in [-0.2, 0) is 6.54 Å². The lowest BCUT2D eigenvalue weighted by atomic mass is 10.1. The standard InChI is InChI=1S/C26H23FN6O/c27-21-14-8-7-13-20(21)23-22-24(28)33(17-18-9-3-1-4-10-18)32-25(22)31-26(30-23)29-15-16-34-19-11-5-2-6-12-19/h1-14H,15-17,28H2,(H,29,31,32). The Balaban J connectivity index is 1.48. The number of hydrogen-bond donors (Lipinski definition) is 2. The number of hydrogen-bond acceptors (Lipinski definition) is 6. The van der Waals surface area contributed by atoms with E-state index in [1.807, 2.05) is 60.7 Å². The van der Waals surface area contributed by atoms with Gasteiger partial charge in [-0.25, -0.2) is 14.1 Å². The van der Waals surface area contributed by atoms with E-state index in [1.54, 1.807) is 22.9 Å². The number of para-hydroxylation sites is 1. The lowest BCUT2D eigenvalue weighted by Crippen LogP contribution is -2.13. The highest BCUT2D eigenvalue weighted by atomic mass is 19.1. The predicted molar refractivity (Wildman–Crippen MR) is 131 cm³/mol. The number of ether oxygens (including phenoxy) is 1. The van der Waals surface area contributed by atoms with Gasteiger partial charge in [0.25, 0.3) is 0 Å². The van der Waals surface area contributed by atoms with Crippen molar-refractivity contribution in [2.45, 2.75) is 6.54 Å². The normalized spacial score (nSPS) is 11.0. The predicted octanol–water partition coefficient (Wildman–Crippen LogP) is 4.75. The molecular weight excluding hydrogens is 431 g/mol. The van der Waals surface area contributed by atoms with E-state index in [-0.39, 0.29) is 0 Å². The summed E-state index contributed by atoms with van der Waals surface area (Å²) in [5.41, 5.74) is 8.64. The maximum absolute atomic E-state index is 14.7. The zero-order valence-electron chi connectivity index (χ0n) is 18.4. The van der Waals surface area contributed by atoms with Gasteiger partial charge >= 0.3 is 0 Å². The molecule has 2 aromatic heterocycles. The summed E-state index contributed by atoms with van der Waals surface area (Å²) in [6.45, 7) is 1.33. The van der Waals surface area contributed by atoms with Crippen molar-refractivity contribution in [3.05, 3.63) is 96.3 Å². The molecule has 170 valence electrons. The van der Waals surface area contributed by atoms with Crippen LogP contribution in [-0.4, -0.2) is 32.9 Å². The first-order valence-electron chi connectivity index (χ1n) is 10.9. The fraction of sp³-hybridized carbons (Fsp3) is 0.115. The van der Waals surface area contributed by atoms with Gasteiger partial charge in [-0.1, -0.05) is 60.7 Å². The molecule has 0 radical (unpaired) electrons. The highest BCUT2D eigenvalue weighted by Gasteiger charge is 2.20. The number of halogens is 1. The molecule has 0 bridgehead atoms. The highest BCUT2D eigenvalue weighted by Crippen LogP contribution is 2.33. The minimum atomic E-state index is -0.393. The molecule has 3 aromatic carbocycles. The molecule has 0 amide bonds. The number of nitrogens with one attached hydrogen (secondary N) is 1. The summed E-state index contributed by atoms with van der Waals surface area (Å²) in [4.78, 5) is 9.15. The Labute approximate surface area is 196 Å². The molecule has 3 N–H and O–H groups in total. The highest BCUT2D eigenvalue weighted by molar-refractivity contribution is 5.99. The van der Waals surface area contributed by atoms with Gasteiger partial charge in [0.2, 0.25) is 5.95 Å². The van der Waals surface area contributed by atoms with Crippen LogP contribution in [0.25, 0.3) is 22.3 Å². The number of nitrogens with two attached hydrogens (primary N) is 1. The van der Waals surface area contributed by atoms with Gasteiger partial charge in [-0.05, 0) is 29.8 Å². The van der Waals surface area contributed by atoms with Crippen molar-refractivity contribution in [1.29, 1.82) is 0 Å². The minimum Gasteiger partial charge on any atom is -0.492 e. The van der Waals surface area contributed by atoms with Crippen LogP contribution in [0.1, 0.15) is 5.56 Å². The molecule has 0 atom stereocenters. The van der Waals surface area contributed by atoms with Crippen molar-refractivity contribution in [3.63, 3.8) is 0 Å². The number of nitrogens with zero attached hydrogens (tertiary/aromatic N) is 4. The van der Waals surface area contributed by atoms with Gasteiger partial charge in [-0.3, -0.25) is 0 Å². The van der Waals surface area contributed by atoms with E-state index >= 15 is 0 Å². The topological polar surface area (TPSA) is 90.9 Å². The van der Waals surface area contributed by atoms with Crippen LogP contribution in [0.3, 0.4) is 0 Å². The molecule has 0 spiro atoms. The smallest absolute Gasteiger partial charge is 0.225 e. The van der Waals surface area contributed by atoms with Gasteiger partial charge in [0.15, 0.2) is 5.65 Å². The molecule has 0 saturated heterocycles. The molecule has 0 unspecified atom stereocenters. The van der Waals surface area contributed by atoms with Gasteiger partial charge in [0, 0.05) is 5.56 Å². The quantitative estimate of drug-likeness (QED) is 0.329. The molecule has 0 aliphatic carbocycles. The second-order valence-corrected chi connectivity index (χ2v) is 7.69. The number of fused-ring (bicyclic) bond motifs is 1. The summed E-state index contributed by atoms with van der Waals surface area (Å²) in [7, 11) is 0. The first-order valence-corrected chi connectivity index (χ1v) is 10.9. The third kappa shape index (κ3) is 4.52. The maximum Gasteiger partial charge on any atom is 0.225 e. The Bertz CT molecular complexity index is 1410. The van der Waals surface area contributed by atoms with Crippen molar-refractivity contribution >= 4 is 22.8 Å². The van der Waals surface area contributed by atoms with E-state index < -0.39 is 5.82 Å². The molecule has 0 fully saturated rings. The largest absolute Gasteiger partial charge is 0.492 e. The van der Waals surface area contributed by atoms with Crippen molar-refractivity contribution in [2.24, 2.45) is 0 Å². The number of rotatable bonds is 8. The third-order valence-electron chi connectivity index (χ3n) is 5.34. The Kier molecular flexibility index (Phi) is 6.03. The van der Waals surface area contributed by atoms with Crippen LogP contribution in [0.2, 0.25) is 0 Å². The van der Waals surface area contributed by atoms with Crippen LogP contribution >= 0.6 is 0 Å². The van der Waals surface area contributed by atoms with Crippen molar-refractivity contribution in [3.8, 4) is 17.0 Å². The number of aromatic nitrogens is 4. The average Bonchev–Trinajstić information content (AvgIpc) is 3.18. The average molecular weight is 455 g/mol. The lowest BCUT2D eigenvalue weighted by molar-refractivity contribution is 0.332. The molecule has 7 nitrogen and oxygen atoms in total. The summed E-state index contributed by atoms with van der Waals surface area (Å²) < 4.78 is 22.1. The molecule has 5 rings (SSSR count). The SMILES string of the molecule is Nc1c2c(-c3ccccc3F)nc(NCCOc3ccccc3)nc2nn1Cc1ccccc1. The number of benzene rings is 3. The second kappa shape index (κ2) is 9.58. The monoisotopic (exact) mass is 454 g/mol. The van der Waals surface area contributed by atoms with Crippen LogP contribution < -0.4 is 15.8 Å². The molecule has 8 heteroatoms. The summed E-state index contributed by atoms with van der Waals surface area (Å²) >= 11 is 0. The molecular formula is C26H23FN6O. The van der Waals surface area contributed by atoms with Crippen LogP contribution in [0.4, 0.5) is 16.2 Å². The van der Waals surface area contributed by atoms with Crippen LogP contribution in [0.15, 0.2) is 84.9 Å². The summed E-state index contributed by atoms with van der Waals surface area (Å²) in [6.07, 6.45) is 0. The lowest BCUT2D eigenvalue weighted by Gasteiger charge is -2.10. The first-order chi connectivity index (χ1) is 16.7. The van der Waals surface area contributed by atoms with E-state index in [1.165, 1.54) is 6.07 Å². The zero-order valence-corrected chi connectivity index (χ0v) is 18.4. The van der Waals surface area contributed by atoms with Crippen molar-refractivity contribution < 1.29 is 9.13 Å². The maximum atomic E-state index is 14.7. The van der Waals surface area contributed by atoms with Crippen LogP contribution in [0.5, 0.6) is 5.75 Å². The van der Waals surface area contributed by atoms with Crippen molar-refractivity contribution in [1.82, 2.24) is 19.7 Å². The third-order valence-corrected chi connectivity index (χ3v) is 5.34. The fourth-order valence-electron chi connectivity index (χ4n) is 3.71. The molecule has 0 aliphatic heterocycles. The van der Waals surface area contributed by atoms with Gasteiger partial charge < -0.3 is 15.8 Å². The second-order valence-electron chi connectivity index (χ2n) is 7.69. The zero-order chi connectivity index (χ0) is 23.3. The summed E-state index contributed by atoms with van der Waals surface area (Å²) in [6, 6.07) is 25.9. The van der Waals surface area contributed by atoms with Gasteiger partial charge in [0.05, 0.1) is 24.2 Å². The van der Waals surface area contributed by atoms with E-state index in [4.69, 9.17) is 10.5 Å². The minimum absolute atomic E-state index is 0.326. The van der Waals surface area contributed by atoms with E-state index in [0.29, 0.717) is 53.8 Å². The Morgan fingerprint density at radius 3 is 2.35 bits per heavy atom. The van der Waals surface area contributed by atoms with Gasteiger partial charge in [-0.15, -0.1) is 5.10 Å². The first kappa shape index (κ1) is 21.4. The van der Waals surface area contributed by atoms with E-state index in [9.17, 15) is 4.39 Å². The van der Waals surface area contributed by atoms with Gasteiger partial charge in [-0.2, -0.15) is 4.98 Å². The van der Waals surface area contributed by atoms with Crippen molar-refractivity contribution in [2.75, 3.05) is 24.2 Å². The molecule has 34 heavy (non-hydrogen) atoms. The molecule has 0 aliphatic rings. The summed E-state index contributed by atoms with van der Waals surface area (Å²) in [5.74, 6) is 1.10.